The molecule has 0 heterocycles. The van der Waals surface area contributed by atoms with Crippen LogP contribution in [0.25, 0.3) is 0 Å². The van der Waals surface area contributed by atoms with Crippen LogP contribution in [0.15, 0.2) is 0 Å². The van der Waals surface area contributed by atoms with Gasteiger partial charge in [0.05, 0.1) is 0 Å². The summed E-state index contributed by atoms with van der Waals surface area (Å²) in [4.78, 5) is 10.6. The van der Waals surface area contributed by atoms with Crippen molar-refractivity contribution in [1.29, 1.82) is 0 Å². The third kappa shape index (κ3) is 1.93. The van der Waals surface area contributed by atoms with Gasteiger partial charge in [0.1, 0.15) is 5.54 Å². The second-order valence-electron chi connectivity index (χ2n) is 4.21. The van der Waals surface area contributed by atoms with E-state index < -0.39 is 11.5 Å². The van der Waals surface area contributed by atoms with Crippen molar-refractivity contribution in [3.05, 3.63) is 0 Å². The van der Waals surface area contributed by atoms with Gasteiger partial charge in [0.2, 0.25) is 0 Å². The van der Waals surface area contributed by atoms with Crippen molar-refractivity contribution in [2.45, 2.75) is 38.6 Å². The molecule has 0 aromatic carbocycles. The Balaban J connectivity index is 2.52. The molecule has 0 aromatic rings. The molecular formula is C8H15NO2. The Hall–Kier alpha value is -0.570. The molecule has 0 aromatic heterocycles. The molecule has 1 rings (SSSR count). The first-order valence-electron chi connectivity index (χ1n) is 3.88. The van der Waals surface area contributed by atoms with Crippen molar-refractivity contribution in [3.8, 4) is 0 Å². The summed E-state index contributed by atoms with van der Waals surface area (Å²) in [5, 5.41) is 8.71. The monoisotopic (exact) mass is 157 g/mol. The average molecular weight is 157 g/mol. The van der Waals surface area contributed by atoms with Gasteiger partial charge in [0.15, 0.2) is 0 Å². The van der Waals surface area contributed by atoms with Gasteiger partial charge >= 0.3 is 5.97 Å². The summed E-state index contributed by atoms with van der Waals surface area (Å²) >= 11 is 0. The molecule has 0 bridgehead atoms. The van der Waals surface area contributed by atoms with Gasteiger partial charge in [-0.15, -0.1) is 0 Å². The second kappa shape index (κ2) is 2.21. The lowest BCUT2D eigenvalue weighted by atomic mass is 9.89. The standard InChI is InChI=1S/C8H15NO2/c1-7(3-4-7)5-8(2,9)6(10)11/h3-5,9H2,1-2H3,(H,10,11). The normalized spacial score (nSPS) is 25.7. The molecule has 3 heteroatoms. The first kappa shape index (κ1) is 8.53. The van der Waals surface area contributed by atoms with Crippen molar-refractivity contribution in [3.63, 3.8) is 0 Å². The highest BCUT2D eigenvalue weighted by Crippen LogP contribution is 2.50. The molecule has 1 unspecified atom stereocenters. The summed E-state index contributed by atoms with van der Waals surface area (Å²) in [6.45, 7) is 3.67. The van der Waals surface area contributed by atoms with E-state index in [2.05, 4.69) is 6.92 Å². The number of hydrogen-bond acceptors (Lipinski definition) is 2. The maximum atomic E-state index is 10.6. The number of carboxylic acid groups (broad SMARTS) is 1. The Morgan fingerprint density at radius 3 is 2.45 bits per heavy atom. The summed E-state index contributed by atoms with van der Waals surface area (Å²) in [5.41, 5.74) is 4.76. The number of hydrogen-bond donors (Lipinski definition) is 2. The van der Waals surface area contributed by atoms with Gasteiger partial charge in [0, 0.05) is 0 Å². The minimum Gasteiger partial charge on any atom is -0.480 e. The van der Waals surface area contributed by atoms with Gasteiger partial charge in [-0.2, -0.15) is 0 Å². The van der Waals surface area contributed by atoms with Gasteiger partial charge in [-0.3, -0.25) is 4.79 Å². The fraction of sp³-hybridized carbons (Fsp3) is 0.875. The molecule has 1 aliphatic rings. The number of nitrogens with two attached hydrogens (primary N) is 1. The van der Waals surface area contributed by atoms with Gasteiger partial charge < -0.3 is 10.8 Å². The largest absolute Gasteiger partial charge is 0.480 e. The molecule has 1 atom stereocenters. The fourth-order valence-electron chi connectivity index (χ4n) is 1.35. The lowest BCUT2D eigenvalue weighted by molar-refractivity contribution is -0.143. The minimum atomic E-state index is -1.04. The van der Waals surface area contributed by atoms with Crippen LogP contribution in [0.3, 0.4) is 0 Å². The first-order chi connectivity index (χ1) is 4.86. The van der Waals surface area contributed by atoms with Crippen molar-refractivity contribution in [2.24, 2.45) is 11.1 Å². The third-order valence-corrected chi connectivity index (χ3v) is 2.39. The lowest BCUT2D eigenvalue weighted by Gasteiger charge is -2.22. The number of carbonyl (C=O) groups is 1. The zero-order valence-electron chi connectivity index (χ0n) is 7.05. The minimum absolute atomic E-state index is 0.210. The molecule has 1 aliphatic carbocycles. The van der Waals surface area contributed by atoms with Gasteiger partial charge in [-0.05, 0) is 31.6 Å². The van der Waals surface area contributed by atoms with E-state index in [0.29, 0.717) is 6.42 Å². The van der Waals surface area contributed by atoms with Crippen LogP contribution in [0.4, 0.5) is 0 Å². The van der Waals surface area contributed by atoms with Gasteiger partial charge in [-0.25, -0.2) is 0 Å². The van der Waals surface area contributed by atoms with Crippen LogP contribution in [-0.2, 0) is 4.79 Å². The number of carboxylic acids is 1. The Morgan fingerprint density at radius 1 is 1.73 bits per heavy atom. The van der Waals surface area contributed by atoms with E-state index >= 15 is 0 Å². The van der Waals surface area contributed by atoms with E-state index in [1.165, 1.54) is 0 Å². The quantitative estimate of drug-likeness (QED) is 0.641. The fourth-order valence-corrected chi connectivity index (χ4v) is 1.35. The molecule has 1 fully saturated rings. The summed E-state index contributed by atoms with van der Waals surface area (Å²) in [6, 6.07) is 0. The van der Waals surface area contributed by atoms with Gasteiger partial charge in [0.25, 0.3) is 0 Å². The molecule has 3 nitrogen and oxygen atoms in total. The summed E-state index contributed by atoms with van der Waals surface area (Å²) in [7, 11) is 0. The van der Waals surface area contributed by atoms with Crippen LogP contribution in [0.1, 0.15) is 33.1 Å². The molecule has 3 N–H and O–H groups in total. The van der Waals surface area contributed by atoms with E-state index in [-0.39, 0.29) is 5.41 Å². The molecule has 64 valence electrons. The van der Waals surface area contributed by atoms with Gasteiger partial charge in [-0.1, -0.05) is 6.92 Å². The molecule has 0 saturated heterocycles. The summed E-state index contributed by atoms with van der Waals surface area (Å²) in [5.74, 6) is -0.898. The van der Waals surface area contributed by atoms with Crippen molar-refractivity contribution < 1.29 is 9.90 Å². The predicted octanol–water partition coefficient (Wildman–Crippen LogP) is 0.979. The predicted molar refractivity (Wildman–Crippen MR) is 42.2 cm³/mol. The Kier molecular flexibility index (Phi) is 1.71. The average Bonchev–Trinajstić information content (AvgIpc) is 2.45. The van der Waals surface area contributed by atoms with Crippen LogP contribution in [-0.4, -0.2) is 16.6 Å². The van der Waals surface area contributed by atoms with E-state index in [1.807, 2.05) is 0 Å². The molecular weight excluding hydrogens is 142 g/mol. The first-order valence-corrected chi connectivity index (χ1v) is 3.88. The molecule has 0 radical (unpaired) electrons. The van der Waals surface area contributed by atoms with Crippen LogP contribution in [0.2, 0.25) is 0 Å². The van der Waals surface area contributed by atoms with E-state index in [1.54, 1.807) is 6.92 Å². The zero-order valence-corrected chi connectivity index (χ0v) is 7.05. The van der Waals surface area contributed by atoms with E-state index in [9.17, 15) is 4.79 Å². The number of rotatable bonds is 3. The topological polar surface area (TPSA) is 63.3 Å². The third-order valence-electron chi connectivity index (χ3n) is 2.39. The van der Waals surface area contributed by atoms with Crippen LogP contribution in [0.5, 0.6) is 0 Å². The van der Waals surface area contributed by atoms with E-state index in [4.69, 9.17) is 10.8 Å². The highest BCUT2D eigenvalue weighted by atomic mass is 16.4. The maximum Gasteiger partial charge on any atom is 0.323 e. The highest BCUT2D eigenvalue weighted by molar-refractivity contribution is 5.77. The maximum absolute atomic E-state index is 10.6. The summed E-state index contributed by atoms with van der Waals surface area (Å²) < 4.78 is 0. The zero-order chi connectivity index (χ0) is 8.70. The Morgan fingerprint density at radius 2 is 2.18 bits per heavy atom. The van der Waals surface area contributed by atoms with Crippen molar-refractivity contribution in [1.82, 2.24) is 0 Å². The van der Waals surface area contributed by atoms with Crippen LogP contribution in [0, 0.1) is 5.41 Å². The molecule has 11 heavy (non-hydrogen) atoms. The molecule has 0 spiro atoms. The Bertz CT molecular complexity index is 183. The smallest absolute Gasteiger partial charge is 0.323 e. The van der Waals surface area contributed by atoms with Crippen LogP contribution >= 0.6 is 0 Å². The second-order valence-corrected chi connectivity index (χ2v) is 4.21. The molecule has 0 aliphatic heterocycles. The lowest BCUT2D eigenvalue weighted by Crippen LogP contribution is -2.46. The van der Waals surface area contributed by atoms with Crippen molar-refractivity contribution >= 4 is 5.97 Å². The molecule has 0 amide bonds. The highest BCUT2D eigenvalue weighted by Gasteiger charge is 2.44. The van der Waals surface area contributed by atoms with Crippen molar-refractivity contribution in [2.75, 3.05) is 0 Å². The molecule has 1 saturated carbocycles. The SMILES string of the molecule is CC1(CC(C)(N)C(=O)O)CC1. The number of aliphatic carboxylic acids is 1. The van der Waals surface area contributed by atoms with E-state index in [0.717, 1.165) is 12.8 Å². The van der Waals surface area contributed by atoms with Crippen LogP contribution < -0.4 is 5.73 Å². The summed E-state index contributed by atoms with van der Waals surface area (Å²) in [6.07, 6.45) is 2.83. The Labute approximate surface area is 66.6 Å².